The second kappa shape index (κ2) is 15.7. The predicted octanol–water partition coefficient (Wildman–Crippen LogP) is 13.0. The zero-order valence-electron chi connectivity index (χ0n) is 28.3. The second-order valence-electron chi connectivity index (χ2n) is 12.4. The Kier molecular flexibility index (Phi) is 10.1. The summed E-state index contributed by atoms with van der Waals surface area (Å²) in [7, 11) is 0. The molecular formula is C48H40N2. The van der Waals surface area contributed by atoms with Crippen LogP contribution in [0.1, 0.15) is 18.1 Å². The Labute approximate surface area is 296 Å². The van der Waals surface area contributed by atoms with E-state index < -0.39 is 0 Å². The smallest absolute Gasteiger partial charge is 0.0464 e. The molecule has 0 aliphatic rings. The van der Waals surface area contributed by atoms with Crippen LogP contribution < -0.4 is 10.6 Å². The van der Waals surface area contributed by atoms with Crippen molar-refractivity contribution in [3.63, 3.8) is 0 Å². The molecule has 0 aromatic heterocycles. The molecule has 0 saturated heterocycles. The Morgan fingerprint density at radius 3 is 1.50 bits per heavy atom. The molecule has 0 radical (unpaired) electrons. The van der Waals surface area contributed by atoms with Crippen LogP contribution in [-0.2, 0) is 0 Å². The predicted molar refractivity (Wildman–Crippen MR) is 215 cm³/mol. The maximum Gasteiger partial charge on any atom is 0.0464 e. The van der Waals surface area contributed by atoms with Crippen molar-refractivity contribution in [2.45, 2.75) is 6.92 Å². The average molecular weight is 645 g/mol. The van der Waals surface area contributed by atoms with E-state index in [0.717, 1.165) is 39.3 Å². The van der Waals surface area contributed by atoms with Gasteiger partial charge in [-0.2, -0.15) is 0 Å². The van der Waals surface area contributed by atoms with Crippen LogP contribution in [0.3, 0.4) is 0 Å². The molecule has 242 valence electrons. The van der Waals surface area contributed by atoms with Crippen LogP contribution in [0.4, 0.5) is 17.1 Å². The van der Waals surface area contributed by atoms with Gasteiger partial charge in [0.05, 0.1) is 0 Å². The van der Waals surface area contributed by atoms with Gasteiger partial charge in [-0.3, -0.25) is 0 Å². The summed E-state index contributed by atoms with van der Waals surface area (Å²) >= 11 is 0. The van der Waals surface area contributed by atoms with Gasteiger partial charge in [-0.05, 0) is 93.4 Å². The van der Waals surface area contributed by atoms with Crippen LogP contribution in [0.15, 0.2) is 200 Å². The summed E-state index contributed by atoms with van der Waals surface area (Å²) < 4.78 is 0. The lowest BCUT2D eigenvalue weighted by molar-refractivity contribution is 1.33. The summed E-state index contributed by atoms with van der Waals surface area (Å²) in [5.74, 6) is 0. The molecule has 0 bridgehead atoms. The fourth-order valence-corrected chi connectivity index (χ4v) is 6.19. The first-order valence-corrected chi connectivity index (χ1v) is 17.2. The van der Waals surface area contributed by atoms with Gasteiger partial charge in [-0.1, -0.05) is 164 Å². The quantitative estimate of drug-likeness (QED) is 0.137. The van der Waals surface area contributed by atoms with E-state index in [4.69, 9.17) is 0 Å². The minimum Gasteiger partial charge on any atom is -0.382 e. The zero-order chi connectivity index (χ0) is 34.0. The van der Waals surface area contributed by atoms with Crippen molar-refractivity contribution in [3.05, 3.63) is 211 Å². The van der Waals surface area contributed by atoms with E-state index in [-0.39, 0.29) is 0 Å². The summed E-state index contributed by atoms with van der Waals surface area (Å²) in [5, 5.41) is 7.34. The lowest BCUT2D eigenvalue weighted by Crippen LogP contribution is -2.00. The number of anilines is 3. The van der Waals surface area contributed by atoms with E-state index in [2.05, 4.69) is 218 Å². The number of rotatable bonds is 11. The molecule has 0 aliphatic heterocycles. The van der Waals surface area contributed by atoms with Gasteiger partial charge in [-0.15, -0.1) is 0 Å². The third kappa shape index (κ3) is 8.01. The molecule has 0 amide bonds. The van der Waals surface area contributed by atoms with Gasteiger partial charge in [0.1, 0.15) is 0 Å². The summed E-state index contributed by atoms with van der Waals surface area (Å²) in [6.45, 7) is 2.87. The number of benzene rings is 7. The molecule has 0 saturated carbocycles. The molecule has 7 aromatic rings. The number of allylic oxidation sites excluding steroid dienone is 3. The number of hydrogen-bond acceptors (Lipinski definition) is 2. The molecule has 50 heavy (non-hydrogen) atoms. The molecule has 2 nitrogen and oxygen atoms in total. The summed E-state index contributed by atoms with van der Waals surface area (Å²) in [6, 6.07) is 66.3. The van der Waals surface area contributed by atoms with Crippen LogP contribution in [0.2, 0.25) is 0 Å². The van der Waals surface area contributed by atoms with Gasteiger partial charge in [0, 0.05) is 29.2 Å². The van der Waals surface area contributed by atoms with Crippen molar-refractivity contribution in [3.8, 4) is 33.4 Å². The highest BCUT2D eigenvalue weighted by Gasteiger charge is 2.11. The molecule has 0 unspecified atom stereocenters. The first-order valence-electron chi connectivity index (χ1n) is 17.2. The highest BCUT2D eigenvalue weighted by atomic mass is 14.9. The third-order valence-corrected chi connectivity index (χ3v) is 8.93. The van der Waals surface area contributed by atoms with E-state index in [9.17, 15) is 0 Å². The topological polar surface area (TPSA) is 24.1 Å². The number of hydrogen-bond donors (Lipinski definition) is 2. The van der Waals surface area contributed by atoms with E-state index >= 15 is 0 Å². The molecule has 0 fully saturated rings. The van der Waals surface area contributed by atoms with E-state index in [0.29, 0.717) is 6.54 Å². The van der Waals surface area contributed by atoms with Crippen molar-refractivity contribution in [2.75, 3.05) is 17.2 Å². The lowest BCUT2D eigenvalue weighted by atomic mass is 9.94. The largest absolute Gasteiger partial charge is 0.382 e. The standard InChI is InChI=1S/C48H40N2/c1-36(37-14-6-2-7-15-37)34-44(32-33-49-45-27-22-40(23-28-45)38-16-8-3-9-17-38)43-26-31-48(47(35-43)42-20-12-5-13-21-42)50-46-29-24-41(25-30-46)39-18-10-4-11-19-39/h2-32,34-35,49-50H,33H2,1H3/b36-34+,44-32+. The van der Waals surface area contributed by atoms with Crippen molar-refractivity contribution in [1.82, 2.24) is 0 Å². The monoisotopic (exact) mass is 644 g/mol. The maximum absolute atomic E-state index is 3.72. The summed E-state index contributed by atoms with van der Waals surface area (Å²) in [5.41, 5.74) is 15.1. The molecule has 2 heteroatoms. The van der Waals surface area contributed by atoms with Gasteiger partial charge in [-0.25, -0.2) is 0 Å². The highest BCUT2D eigenvalue weighted by Crippen LogP contribution is 2.35. The first kappa shape index (κ1) is 32.2. The van der Waals surface area contributed by atoms with Crippen LogP contribution in [0.5, 0.6) is 0 Å². The highest BCUT2D eigenvalue weighted by molar-refractivity contribution is 5.89. The molecule has 0 aliphatic carbocycles. The van der Waals surface area contributed by atoms with Crippen LogP contribution in [0.25, 0.3) is 44.5 Å². The first-order chi connectivity index (χ1) is 24.7. The normalized spacial score (nSPS) is 11.6. The fraction of sp³-hybridized carbons (Fsp3) is 0.0417. The average Bonchev–Trinajstić information content (AvgIpc) is 3.19. The van der Waals surface area contributed by atoms with Crippen molar-refractivity contribution >= 4 is 28.2 Å². The van der Waals surface area contributed by atoms with Crippen LogP contribution >= 0.6 is 0 Å². The zero-order valence-corrected chi connectivity index (χ0v) is 28.3. The molecule has 7 aromatic carbocycles. The summed E-state index contributed by atoms with van der Waals surface area (Å²) in [6.07, 6.45) is 4.59. The Hall–Kier alpha value is -6.38. The van der Waals surface area contributed by atoms with Gasteiger partial charge >= 0.3 is 0 Å². The van der Waals surface area contributed by atoms with E-state index in [1.807, 2.05) is 0 Å². The molecule has 0 spiro atoms. The van der Waals surface area contributed by atoms with Crippen molar-refractivity contribution in [1.29, 1.82) is 0 Å². The molecule has 7 rings (SSSR count). The maximum atomic E-state index is 3.72. The Morgan fingerprint density at radius 2 is 0.940 bits per heavy atom. The minimum atomic E-state index is 0.688. The Balaban J connectivity index is 1.20. The van der Waals surface area contributed by atoms with Gasteiger partial charge in [0.2, 0.25) is 0 Å². The molecule has 0 heterocycles. The van der Waals surface area contributed by atoms with Crippen LogP contribution in [0, 0.1) is 0 Å². The van der Waals surface area contributed by atoms with Crippen molar-refractivity contribution in [2.24, 2.45) is 0 Å². The Bertz CT molecular complexity index is 2180. The SMILES string of the molecule is C/C(=C\C(=C/CNc1ccc(-c2ccccc2)cc1)c1ccc(Nc2ccc(-c3ccccc3)cc2)c(-c2ccccc2)c1)c1ccccc1. The lowest BCUT2D eigenvalue weighted by Gasteiger charge is -2.16. The second-order valence-corrected chi connectivity index (χ2v) is 12.4. The third-order valence-electron chi connectivity index (χ3n) is 8.93. The van der Waals surface area contributed by atoms with Gasteiger partial charge < -0.3 is 10.6 Å². The fourth-order valence-electron chi connectivity index (χ4n) is 6.19. The van der Waals surface area contributed by atoms with Gasteiger partial charge in [0.15, 0.2) is 0 Å². The van der Waals surface area contributed by atoms with Gasteiger partial charge in [0.25, 0.3) is 0 Å². The number of nitrogens with one attached hydrogen (secondary N) is 2. The molecule has 0 atom stereocenters. The van der Waals surface area contributed by atoms with Crippen LogP contribution in [-0.4, -0.2) is 6.54 Å². The summed E-state index contributed by atoms with van der Waals surface area (Å²) in [4.78, 5) is 0. The molecular weight excluding hydrogens is 605 g/mol. The van der Waals surface area contributed by atoms with E-state index in [1.165, 1.54) is 33.4 Å². The Morgan fingerprint density at radius 1 is 0.460 bits per heavy atom. The van der Waals surface area contributed by atoms with Crippen molar-refractivity contribution < 1.29 is 0 Å². The molecule has 2 N–H and O–H groups in total. The van der Waals surface area contributed by atoms with E-state index in [1.54, 1.807) is 0 Å². The minimum absolute atomic E-state index is 0.688.